The number of amides is 1. The number of rotatable bonds is 11. The van der Waals surface area contributed by atoms with Gasteiger partial charge in [-0.2, -0.15) is 0 Å². The van der Waals surface area contributed by atoms with E-state index < -0.39 is 5.97 Å². The first-order valence-electron chi connectivity index (χ1n) is 8.20. The van der Waals surface area contributed by atoms with E-state index in [0.29, 0.717) is 25.4 Å². The Hall–Kier alpha value is -1.10. The quantitative estimate of drug-likeness (QED) is 0.545. The number of carbonyl (C=O) groups is 2. The summed E-state index contributed by atoms with van der Waals surface area (Å²) in [6.45, 7) is 3.33. The number of hydrogen-bond acceptors (Lipinski definition) is 3. The largest absolute Gasteiger partial charge is 0.481 e. The van der Waals surface area contributed by atoms with Crippen LogP contribution in [0.2, 0.25) is 0 Å². The van der Waals surface area contributed by atoms with Gasteiger partial charge in [0.05, 0.1) is 6.42 Å². The molecule has 0 aromatic rings. The SMILES string of the molecule is CCCC(CCN)CCC(=O)NCC1(CC(=O)O)CCC1. The Balaban J connectivity index is 2.28. The summed E-state index contributed by atoms with van der Waals surface area (Å²) in [6, 6.07) is 0. The Morgan fingerprint density at radius 3 is 2.48 bits per heavy atom. The number of carboxylic acid groups (broad SMARTS) is 1. The lowest BCUT2D eigenvalue weighted by Gasteiger charge is -2.40. The fraction of sp³-hybridized carbons (Fsp3) is 0.875. The molecule has 0 saturated heterocycles. The Labute approximate surface area is 127 Å². The molecule has 0 bridgehead atoms. The predicted octanol–water partition coefficient (Wildman–Crippen LogP) is 2.29. The molecule has 0 heterocycles. The van der Waals surface area contributed by atoms with Gasteiger partial charge in [0, 0.05) is 13.0 Å². The lowest BCUT2D eigenvalue weighted by atomic mass is 9.66. The Bertz CT molecular complexity index is 334. The fourth-order valence-electron chi connectivity index (χ4n) is 3.20. The van der Waals surface area contributed by atoms with E-state index in [4.69, 9.17) is 10.8 Å². The van der Waals surface area contributed by atoms with Crippen LogP contribution in [0.5, 0.6) is 0 Å². The smallest absolute Gasteiger partial charge is 0.303 e. The lowest BCUT2D eigenvalue weighted by molar-refractivity contribution is -0.141. The van der Waals surface area contributed by atoms with Crippen LogP contribution >= 0.6 is 0 Å². The molecule has 122 valence electrons. The fourth-order valence-corrected chi connectivity index (χ4v) is 3.20. The Kier molecular flexibility index (Phi) is 7.72. The molecule has 0 radical (unpaired) electrons. The van der Waals surface area contributed by atoms with Crippen LogP contribution in [-0.4, -0.2) is 30.1 Å². The summed E-state index contributed by atoms with van der Waals surface area (Å²) in [6.07, 6.45) is 7.66. The molecule has 0 spiro atoms. The van der Waals surface area contributed by atoms with Crippen LogP contribution < -0.4 is 11.1 Å². The van der Waals surface area contributed by atoms with E-state index in [0.717, 1.165) is 44.9 Å². The van der Waals surface area contributed by atoms with Crippen molar-refractivity contribution in [3.63, 3.8) is 0 Å². The van der Waals surface area contributed by atoms with Crippen LogP contribution in [0.25, 0.3) is 0 Å². The maximum absolute atomic E-state index is 11.9. The van der Waals surface area contributed by atoms with E-state index in [1.807, 2.05) is 0 Å². The third-order valence-electron chi connectivity index (χ3n) is 4.65. The highest BCUT2D eigenvalue weighted by Crippen LogP contribution is 2.43. The van der Waals surface area contributed by atoms with Gasteiger partial charge in [-0.25, -0.2) is 0 Å². The van der Waals surface area contributed by atoms with Gasteiger partial charge in [0.25, 0.3) is 0 Å². The average molecular weight is 298 g/mol. The van der Waals surface area contributed by atoms with Crippen LogP contribution in [-0.2, 0) is 9.59 Å². The van der Waals surface area contributed by atoms with Crippen LogP contribution in [0.4, 0.5) is 0 Å². The van der Waals surface area contributed by atoms with Gasteiger partial charge in [-0.15, -0.1) is 0 Å². The molecule has 4 N–H and O–H groups in total. The molecule has 1 unspecified atom stereocenters. The van der Waals surface area contributed by atoms with Gasteiger partial charge in [0.15, 0.2) is 0 Å². The molecule has 0 aromatic heterocycles. The maximum atomic E-state index is 11.9. The molecule has 21 heavy (non-hydrogen) atoms. The number of hydrogen-bond donors (Lipinski definition) is 3. The van der Waals surface area contributed by atoms with E-state index in [1.54, 1.807) is 0 Å². The van der Waals surface area contributed by atoms with Gasteiger partial charge in [-0.3, -0.25) is 9.59 Å². The summed E-state index contributed by atoms with van der Waals surface area (Å²) in [7, 11) is 0. The van der Waals surface area contributed by atoms with Crippen molar-refractivity contribution in [2.75, 3.05) is 13.1 Å². The minimum atomic E-state index is -0.769. The van der Waals surface area contributed by atoms with E-state index in [-0.39, 0.29) is 17.7 Å². The first-order valence-corrected chi connectivity index (χ1v) is 8.20. The van der Waals surface area contributed by atoms with E-state index >= 15 is 0 Å². The van der Waals surface area contributed by atoms with E-state index in [9.17, 15) is 9.59 Å². The third-order valence-corrected chi connectivity index (χ3v) is 4.65. The Morgan fingerprint density at radius 1 is 1.29 bits per heavy atom. The first kappa shape index (κ1) is 18.0. The van der Waals surface area contributed by atoms with Crippen molar-refractivity contribution in [1.29, 1.82) is 0 Å². The zero-order valence-electron chi connectivity index (χ0n) is 13.2. The van der Waals surface area contributed by atoms with Crippen LogP contribution in [0.15, 0.2) is 0 Å². The van der Waals surface area contributed by atoms with Gasteiger partial charge in [-0.05, 0) is 43.6 Å². The summed E-state index contributed by atoms with van der Waals surface area (Å²) >= 11 is 0. The van der Waals surface area contributed by atoms with Crippen molar-refractivity contribution in [2.45, 2.75) is 64.7 Å². The van der Waals surface area contributed by atoms with Gasteiger partial charge < -0.3 is 16.2 Å². The van der Waals surface area contributed by atoms with Crippen molar-refractivity contribution in [1.82, 2.24) is 5.32 Å². The molecule has 1 amide bonds. The first-order chi connectivity index (χ1) is 10.0. The van der Waals surface area contributed by atoms with Crippen molar-refractivity contribution in [3.05, 3.63) is 0 Å². The topological polar surface area (TPSA) is 92.4 Å². The van der Waals surface area contributed by atoms with E-state index in [2.05, 4.69) is 12.2 Å². The molecule has 5 heteroatoms. The lowest BCUT2D eigenvalue weighted by Crippen LogP contribution is -2.43. The summed E-state index contributed by atoms with van der Waals surface area (Å²) in [5, 5.41) is 11.9. The highest BCUT2D eigenvalue weighted by molar-refractivity contribution is 5.76. The third kappa shape index (κ3) is 6.46. The van der Waals surface area contributed by atoms with Crippen molar-refractivity contribution in [2.24, 2.45) is 17.1 Å². The minimum absolute atomic E-state index is 0.0461. The Morgan fingerprint density at radius 2 is 2.00 bits per heavy atom. The van der Waals surface area contributed by atoms with Crippen molar-refractivity contribution >= 4 is 11.9 Å². The van der Waals surface area contributed by atoms with Crippen LogP contribution in [0.1, 0.15) is 64.7 Å². The summed E-state index contributed by atoms with van der Waals surface area (Å²) in [5.41, 5.74) is 5.40. The van der Waals surface area contributed by atoms with E-state index in [1.165, 1.54) is 0 Å². The average Bonchev–Trinajstić information content (AvgIpc) is 2.39. The van der Waals surface area contributed by atoms with Gasteiger partial charge in [0.2, 0.25) is 5.91 Å². The van der Waals surface area contributed by atoms with Crippen molar-refractivity contribution in [3.8, 4) is 0 Å². The second kappa shape index (κ2) is 9.03. The highest BCUT2D eigenvalue weighted by atomic mass is 16.4. The second-order valence-electron chi connectivity index (χ2n) is 6.47. The van der Waals surface area contributed by atoms with Crippen LogP contribution in [0, 0.1) is 11.3 Å². The summed E-state index contributed by atoms with van der Waals surface area (Å²) in [4.78, 5) is 22.8. The molecule has 5 nitrogen and oxygen atoms in total. The predicted molar refractivity (Wildman–Crippen MR) is 82.8 cm³/mol. The molecule has 1 rings (SSSR count). The van der Waals surface area contributed by atoms with Gasteiger partial charge in [-0.1, -0.05) is 26.2 Å². The van der Waals surface area contributed by atoms with Crippen molar-refractivity contribution < 1.29 is 14.7 Å². The molecule has 1 fully saturated rings. The zero-order chi connectivity index (χ0) is 15.7. The molecular weight excluding hydrogens is 268 g/mol. The molecular formula is C16H30N2O3. The van der Waals surface area contributed by atoms with Crippen LogP contribution in [0.3, 0.4) is 0 Å². The minimum Gasteiger partial charge on any atom is -0.481 e. The number of nitrogens with one attached hydrogen (secondary N) is 1. The number of carbonyl (C=O) groups excluding carboxylic acids is 1. The summed E-state index contributed by atoms with van der Waals surface area (Å²) < 4.78 is 0. The normalized spacial score (nSPS) is 17.8. The molecule has 0 aliphatic heterocycles. The number of aliphatic carboxylic acids is 1. The maximum Gasteiger partial charge on any atom is 0.303 e. The highest BCUT2D eigenvalue weighted by Gasteiger charge is 2.39. The number of nitrogens with two attached hydrogens (primary N) is 1. The second-order valence-corrected chi connectivity index (χ2v) is 6.47. The molecule has 1 atom stereocenters. The van der Waals surface area contributed by atoms with Gasteiger partial charge >= 0.3 is 5.97 Å². The molecule has 1 aliphatic rings. The standard InChI is InChI=1S/C16H30N2O3/c1-2-4-13(7-10-17)5-6-14(19)18-12-16(8-3-9-16)11-15(20)21/h13H,2-12,17H2,1H3,(H,18,19)(H,20,21). The van der Waals surface area contributed by atoms with Gasteiger partial charge in [0.1, 0.15) is 0 Å². The molecule has 0 aromatic carbocycles. The molecule has 1 aliphatic carbocycles. The zero-order valence-corrected chi connectivity index (χ0v) is 13.2. The number of carboxylic acids is 1. The summed E-state index contributed by atoms with van der Waals surface area (Å²) in [5.74, 6) is -0.192. The molecule has 1 saturated carbocycles. The monoisotopic (exact) mass is 298 g/mol.